The molecule has 4 rings (SSSR count). The van der Waals surface area contributed by atoms with Crippen LogP contribution in [0.1, 0.15) is 10.4 Å². The third-order valence-electron chi connectivity index (χ3n) is 4.55. The van der Waals surface area contributed by atoms with Gasteiger partial charge in [0.05, 0.1) is 5.39 Å². The number of halogens is 1. The Kier molecular flexibility index (Phi) is 4.45. The van der Waals surface area contributed by atoms with Crippen LogP contribution in [0.4, 0.5) is 10.1 Å². The van der Waals surface area contributed by atoms with Crippen LogP contribution < -0.4 is 10.3 Å². The smallest absolute Gasteiger partial charge is 0.263 e. The molecule has 0 aliphatic rings. The molecule has 5 nitrogen and oxygen atoms in total. The number of pyridine rings is 2. The standard InChI is InChI=1S/C22H16FN3O2/c1-25(16-6-3-2-4-7-16)22(28)19-14-26(17-11-9-15(23)10-12-17)21-18(20(19)27)8-5-13-24-21/h2-14H,1H3. The van der Waals surface area contributed by atoms with Gasteiger partial charge >= 0.3 is 0 Å². The molecule has 2 aromatic heterocycles. The fourth-order valence-electron chi connectivity index (χ4n) is 3.06. The highest BCUT2D eigenvalue weighted by Crippen LogP contribution is 2.19. The van der Waals surface area contributed by atoms with E-state index in [0.717, 1.165) is 0 Å². The second-order valence-electron chi connectivity index (χ2n) is 6.29. The van der Waals surface area contributed by atoms with Crippen molar-refractivity contribution in [2.24, 2.45) is 0 Å². The molecule has 1 amide bonds. The van der Waals surface area contributed by atoms with E-state index in [1.54, 1.807) is 54.2 Å². The summed E-state index contributed by atoms with van der Waals surface area (Å²) in [5, 5.41) is 0.319. The molecule has 0 aliphatic carbocycles. The number of anilines is 1. The Bertz CT molecular complexity index is 1220. The van der Waals surface area contributed by atoms with E-state index in [-0.39, 0.29) is 11.4 Å². The van der Waals surface area contributed by atoms with Gasteiger partial charge in [0.25, 0.3) is 5.91 Å². The van der Waals surface area contributed by atoms with Gasteiger partial charge in [-0.3, -0.25) is 9.59 Å². The molecule has 0 saturated carbocycles. The number of para-hydroxylation sites is 1. The van der Waals surface area contributed by atoms with Crippen LogP contribution in [0.15, 0.2) is 83.9 Å². The number of nitrogens with zero attached hydrogens (tertiary/aromatic N) is 3. The highest BCUT2D eigenvalue weighted by molar-refractivity contribution is 6.07. The highest BCUT2D eigenvalue weighted by atomic mass is 19.1. The average molecular weight is 373 g/mol. The maximum atomic E-state index is 13.3. The van der Waals surface area contributed by atoms with Crippen LogP contribution in [0.25, 0.3) is 16.7 Å². The first-order valence-corrected chi connectivity index (χ1v) is 8.65. The van der Waals surface area contributed by atoms with E-state index in [0.29, 0.717) is 22.4 Å². The minimum Gasteiger partial charge on any atom is -0.311 e. The van der Waals surface area contributed by atoms with Crippen molar-refractivity contribution in [3.63, 3.8) is 0 Å². The Labute approximate surface area is 160 Å². The maximum Gasteiger partial charge on any atom is 0.263 e. The Balaban J connectivity index is 1.92. The zero-order valence-electron chi connectivity index (χ0n) is 15.0. The molecule has 0 atom stereocenters. The summed E-state index contributed by atoms with van der Waals surface area (Å²) in [5.41, 5.74) is 1.29. The van der Waals surface area contributed by atoms with Gasteiger partial charge in [0.15, 0.2) is 0 Å². The Morgan fingerprint density at radius 2 is 1.71 bits per heavy atom. The van der Waals surface area contributed by atoms with Crippen molar-refractivity contribution in [1.82, 2.24) is 9.55 Å². The van der Waals surface area contributed by atoms with E-state index < -0.39 is 11.3 Å². The number of aromatic nitrogens is 2. The molecule has 2 aromatic carbocycles. The molecule has 4 aromatic rings. The van der Waals surface area contributed by atoms with Gasteiger partial charge in [-0.05, 0) is 48.5 Å². The van der Waals surface area contributed by atoms with E-state index in [1.165, 1.54) is 23.2 Å². The first-order valence-electron chi connectivity index (χ1n) is 8.65. The van der Waals surface area contributed by atoms with Crippen molar-refractivity contribution in [3.05, 3.63) is 101 Å². The quantitative estimate of drug-likeness (QED) is 0.549. The number of rotatable bonds is 3. The van der Waals surface area contributed by atoms with Gasteiger partial charge in [0.2, 0.25) is 5.43 Å². The van der Waals surface area contributed by atoms with Gasteiger partial charge in [0.1, 0.15) is 17.0 Å². The monoisotopic (exact) mass is 373 g/mol. The molecule has 0 aliphatic heterocycles. The Morgan fingerprint density at radius 3 is 2.43 bits per heavy atom. The van der Waals surface area contributed by atoms with Crippen molar-refractivity contribution < 1.29 is 9.18 Å². The minimum atomic E-state index is -0.433. The predicted octanol–water partition coefficient (Wildman–Crippen LogP) is 3.80. The molecule has 0 N–H and O–H groups in total. The molecule has 0 saturated heterocycles. The number of hydrogen-bond donors (Lipinski definition) is 0. The van der Waals surface area contributed by atoms with Crippen LogP contribution in [0.2, 0.25) is 0 Å². The summed E-state index contributed by atoms with van der Waals surface area (Å²) >= 11 is 0. The summed E-state index contributed by atoms with van der Waals surface area (Å²) in [7, 11) is 1.62. The fourth-order valence-corrected chi connectivity index (χ4v) is 3.06. The van der Waals surface area contributed by atoms with E-state index >= 15 is 0 Å². The lowest BCUT2D eigenvalue weighted by Crippen LogP contribution is -2.31. The molecule has 0 fully saturated rings. The number of benzene rings is 2. The average Bonchev–Trinajstić information content (AvgIpc) is 2.74. The van der Waals surface area contributed by atoms with Crippen molar-refractivity contribution >= 4 is 22.6 Å². The number of hydrogen-bond acceptors (Lipinski definition) is 3. The normalized spacial score (nSPS) is 10.8. The number of carbonyl (C=O) groups is 1. The fraction of sp³-hybridized carbons (Fsp3) is 0.0455. The van der Waals surface area contributed by atoms with Gasteiger partial charge in [-0.15, -0.1) is 0 Å². The van der Waals surface area contributed by atoms with E-state index in [2.05, 4.69) is 4.98 Å². The van der Waals surface area contributed by atoms with Gasteiger partial charge in [-0.25, -0.2) is 9.37 Å². The van der Waals surface area contributed by atoms with Gasteiger partial charge in [-0.2, -0.15) is 0 Å². The Morgan fingerprint density at radius 1 is 1.00 bits per heavy atom. The highest BCUT2D eigenvalue weighted by Gasteiger charge is 2.20. The molecule has 0 radical (unpaired) electrons. The lowest BCUT2D eigenvalue weighted by Gasteiger charge is -2.18. The van der Waals surface area contributed by atoms with Gasteiger partial charge in [-0.1, -0.05) is 18.2 Å². The van der Waals surface area contributed by atoms with Crippen LogP contribution in [-0.2, 0) is 0 Å². The second kappa shape index (κ2) is 7.08. The van der Waals surface area contributed by atoms with Crippen LogP contribution in [-0.4, -0.2) is 22.5 Å². The molecule has 28 heavy (non-hydrogen) atoms. The lowest BCUT2D eigenvalue weighted by atomic mass is 10.1. The number of carbonyl (C=O) groups excluding carboxylic acids is 1. The topological polar surface area (TPSA) is 55.2 Å². The minimum absolute atomic E-state index is 0.0104. The lowest BCUT2D eigenvalue weighted by molar-refractivity contribution is 0.0991. The van der Waals surface area contributed by atoms with E-state index in [4.69, 9.17) is 0 Å². The summed E-state index contributed by atoms with van der Waals surface area (Å²) in [6.45, 7) is 0. The molecular formula is C22H16FN3O2. The van der Waals surface area contributed by atoms with Crippen LogP contribution in [0, 0.1) is 5.82 Å². The summed E-state index contributed by atoms with van der Waals surface area (Å²) < 4.78 is 15.0. The van der Waals surface area contributed by atoms with Crippen LogP contribution >= 0.6 is 0 Å². The van der Waals surface area contributed by atoms with Crippen LogP contribution in [0.3, 0.4) is 0 Å². The van der Waals surface area contributed by atoms with Gasteiger partial charge in [0, 0.05) is 30.8 Å². The summed E-state index contributed by atoms with van der Waals surface area (Å²) in [6.07, 6.45) is 3.03. The van der Waals surface area contributed by atoms with Crippen molar-refractivity contribution in [1.29, 1.82) is 0 Å². The molecule has 0 bridgehead atoms. The third kappa shape index (κ3) is 3.05. The van der Waals surface area contributed by atoms with E-state index in [1.807, 2.05) is 18.2 Å². The maximum absolute atomic E-state index is 13.3. The van der Waals surface area contributed by atoms with Crippen molar-refractivity contribution in [2.45, 2.75) is 0 Å². The first-order chi connectivity index (χ1) is 13.6. The molecule has 2 heterocycles. The second-order valence-corrected chi connectivity index (χ2v) is 6.29. The zero-order valence-corrected chi connectivity index (χ0v) is 15.0. The summed E-state index contributed by atoms with van der Waals surface area (Å²) in [6, 6.07) is 18.1. The molecule has 138 valence electrons. The molecule has 0 spiro atoms. The third-order valence-corrected chi connectivity index (χ3v) is 4.55. The van der Waals surface area contributed by atoms with Crippen molar-refractivity contribution in [2.75, 3.05) is 11.9 Å². The molecule has 6 heteroatoms. The summed E-state index contributed by atoms with van der Waals surface area (Å²) in [4.78, 5) is 31.8. The summed E-state index contributed by atoms with van der Waals surface area (Å²) in [5.74, 6) is -0.806. The SMILES string of the molecule is CN(C(=O)c1cn(-c2ccc(F)cc2)c2ncccc2c1=O)c1ccccc1. The van der Waals surface area contributed by atoms with Gasteiger partial charge < -0.3 is 9.47 Å². The largest absolute Gasteiger partial charge is 0.311 e. The zero-order chi connectivity index (χ0) is 19.7. The number of amides is 1. The molecule has 0 unspecified atom stereocenters. The predicted molar refractivity (Wildman–Crippen MR) is 106 cm³/mol. The number of fused-ring (bicyclic) bond motifs is 1. The van der Waals surface area contributed by atoms with Crippen molar-refractivity contribution in [3.8, 4) is 5.69 Å². The van der Waals surface area contributed by atoms with Crippen LogP contribution in [0.5, 0.6) is 0 Å². The first kappa shape index (κ1) is 17.6. The molecular weight excluding hydrogens is 357 g/mol. The Hall–Kier alpha value is -3.80. The van der Waals surface area contributed by atoms with E-state index in [9.17, 15) is 14.0 Å².